The van der Waals surface area contributed by atoms with Crippen LogP contribution in [0.5, 0.6) is 0 Å². The lowest BCUT2D eigenvalue weighted by Crippen LogP contribution is -2.46. The molecular weight excluding hydrogens is 344 g/mol. The molecule has 0 atom stereocenters. The minimum Gasteiger partial charge on any atom is -0.450 e. The number of esters is 1. The molecular formula is C21H28N2O4. The van der Waals surface area contributed by atoms with Crippen LogP contribution in [0.25, 0.3) is 0 Å². The number of rotatable bonds is 3. The van der Waals surface area contributed by atoms with E-state index in [-0.39, 0.29) is 12.1 Å². The summed E-state index contributed by atoms with van der Waals surface area (Å²) in [4.78, 5) is 28.3. The number of carbonyl (C=O) groups excluding carboxylic acids is 2. The van der Waals surface area contributed by atoms with Crippen molar-refractivity contribution in [3.63, 3.8) is 0 Å². The molecule has 1 spiro atoms. The van der Waals surface area contributed by atoms with E-state index in [4.69, 9.17) is 9.47 Å². The van der Waals surface area contributed by atoms with E-state index >= 15 is 0 Å². The predicted molar refractivity (Wildman–Crippen MR) is 101 cm³/mol. The van der Waals surface area contributed by atoms with Crippen LogP contribution in [0.2, 0.25) is 0 Å². The second-order valence-corrected chi connectivity index (χ2v) is 7.86. The number of carbonyl (C=O) groups is 2. The van der Waals surface area contributed by atoms with Gasteiger partial charge in [-0.3, -0.25) is 0 Å². The van der Waals surface area contributed by atoms with Crippen molar-refractivity contribution < 1.29 is 19.1 Å². The van der Waals surface area contributed by atoms with Gasteiger partial charge in [-0.1, -0.05) is 18.2 Å². The van der Waals surface area contributed by atoms with E-state index in [1.165, 1.54) is 0 Å². The average Bonchev–Trinajstić information content (AvgIpc) is 2.97. The standard InChI is InChI=1S/C21H28N2O4/c1-2-26-20(25)23-11-7-16(8-12-23)15-22-13-9-21(10-14-22)18-6-4-3-5-17(18)19(24)27-21/h3-6,16H,2,7-15H2,1H3. The van der Waals surface area contributed by atoms with Crippen LogP contribution in [0.4, 0.5) is 4.79 Å². The lowest BCUT2D eigenvalue weighted by molar-refractivity contribution is -0.0457. The van der Waals surface area contributed by atoms with Crippen LogP contribution in [-0.2, 0) is 15.1 Å². The van der Waals surface area contributed by atoms with Crippen molar-refractivity contribution in [3.8, 4) is 0 Å². The summed E-state index contributed by atoms with van der Waals surface area (Å²) >= 11 is 0. The Kier molecular flexibility index (Phi) is 5.08. The van der Waals surface area contributed by atoms with E-state index in [0.717, 1.165) is 69.5 Å². The van der Waals surface area contributed by atoms with Crippen molar-refractivity contribution in [1.29, 1.82) is 0 Å². The molecule has 0 aromatic heterocycles. The predicted octanol–water partition coefficient (Wildman–Crippen LogP) is 3.02. The zero-order chi connectivity index (χ0) is 18.9. The van der Waals surface area contributed by atoms with Crippen LogP contribution < -0.4 is 0 Å². The van der Waals surface area contributed by atoms with Gasteiger partial charge in [0.15, 0.2) is 0 Å². The normalized spacial score (nSPS) is 22.6. The highest BCUT2D eigenvalue weighted by molar-refractivity contribution is 5.94. The van der Waals surface area contributed by atoms with Gasteiger partial charge >= 0.3 is 12.1 Å². The highest BCUT2D eigenvalue weighted by atomic mass is 16.6. The fourth-order valence-corrected chi connectivity index (χ4v) is 4.69. The van der Waals surface area contributed by atoms with Gasteiger partial charge in [-0.15, -0.1) is 0 Å². The topological polar surface area (TPSA) is 59.1 Å². The summed E-state index contributed by atoms with van der Waals surface area (Å²) in [5.74, 6) is 0.438. The molecule has 0 N–H and O–H groups in total. The Morgan fingerprint density at radius 2 is 1.89 bits per heavy atom. The fraction of sp³-hybridized carbons (Fsp3) is 0.619. The third-order valence-corrected chi connectivity index (χ3v) is 6.25. The molecule has 3 aliphatic heterocycles. The average molecular weight is 372 g/mol. The van der Waals surface area contributed by atoms with E-state index < -0.39 is 5.60 Å². The molecule has 0 unspecified atom stereocenters. The van der Waals surface area contributed by atoms with Gasteiger partial charge in [0.2, 0.25) is 0 Å². The molecule has 1 aromatic carbocycles. The molecule has 0 bridgehead atoms. The maximum Gasteiger partial charge on any atom is 0.409 e. The Morgan fingerprint density at radius 3 is 2.59 bits per heavy atom. The number of benzene rings is 1. The lowest BCUT2D eigenvalue weighted by Gasteiger charge is -2.41. The summed E-state index contributed by atoms with van der Waals surface area (Å²) in [5.41, 5.74) is 1.38. The second kappa shape index (κ2) is 7.50. The van der Waals surface area contributed by atoms with Crippen LogP contribution in [0.3, 0.4) is 0 Å². The first-order valence-electron chi connectivity index (χ1n) is 10.1. The highest BCUT2D eigenvalue weighted by Crippen LogP contribution is 2.44. The van der Waals surface area contributed by atoms with Gasteiger partial charge in [-0.2, -0.15) is 0 Å². The molecule has 27 heavy (non-hydrogen) atoms. The van der Waals surface area contributed by atoms with Crippen LogP contribution in [0.15, 0.2) is 24.3 Å². The molecule has 146 valence electrons. The number of fused-ring (bicyclic) bond motifs is 2. The molecule has 2 saturated heterocycles. The van der Waals surface area contributed by atoms with E-state index in [0.29, 0.717) is 12.5 Å². The number of hydrogen-bond donors (Lipinski definition) is 0. The minimum atomic E-state index is -0.419. The minimum absolute atomic E-state index is 0.176. The molecule has 0 aliphatic carbocycles. The summed E-state index contributed by atoms with van der Waals surface area (Å²) in [7, 11) is 0. The molecule has 3 aliphatic rings. The zero-order valence-corrected chi connectivity index (χ0v) is 16.0. The van der Waals surface area contributed by atoms with E-state index in [1.807, 2.05) is 36.1 Å². The maximum absolute atomic E-state index is 12.2. The van der Waals surface area contributed by atoms with Gasteiger partial charge in [0.05, 0.1) is 12.2 Å². The SMILES string of the molecule is CCOC(=O)N1CCC(CN2CCC3(CC2)OC(=O)c2ccccc23)CC1. The Labute approximate surface area is 160 Å². The third-order valence-electron chi connectivity index (χ3n) is 6.25. The summed E-state index contributed by atoms with van der Waals surface area (Å²) in [6, 6.07) is 7.81. The largest absolute Gasteiger partial charge is 0.450 e. The summed E-state index contributed by atoms with van der Waals surface area (Å²) < 4.78 is 10.9. The third kappa shape index (κ3) is 3.55. The quantitative estimate of drug-likeness (QED) is 0.764. The van der Waals surface area contributed by atoms with Gasteiger partial charge in [-0.05, 0) is 31.7 Å². The van der Waals surface area contributed by atoms with E-state index in [9.17, 15) is 9.59 Å². The number of nitrogens with zero attached hydrogens (tertiary/aromatic N) is 2. The van der Waals surface area contributed by atoms with Crippen molar-refractivity contribution in [2.45, 2.75) is 38.2 Å². The monoisotopic (exact) mass is 372 g/mol. The molecule has 3 heterocycles. The number of piperidine rings is 2. The molecule has 1 amide bonds. The Bertz CT molecular complexity index is 704. The maximum atomic E-state index is 12.2. The van der Waals surface area contributed by atoms with E-state index in [1.54, 1.807) is 0 Å². The first-order valence-corrected chi connectivity index (χ1v) is 10.1. The lowest BCUT2D eigenvalue weighted by atomic mass is 9.83. The van der Waals surface area contributed by atoms with Crippen molar-refractivity contribution in [2.75, 3.05) is 39.3 Å². The van der Waals surface area contributed by atoms with Crippen LogP contribution in [-0.4, -0.2) is 61.2 Å². The fourth-order valence-electron chi connectivity index (χ4n) is 4.69. The van der Waals surface area contributed by atoms with Crippen molar-refractivity contribution in [2.24, 2.45) is 5.92 Å². The smallest absolute Gasteiger partial charge is 0.409 e. The Balaban J connectivity index is 1.29. The van der Waals surface area contributed by atoms with Gasteiger partial charge in [0, 0.05) is 51.1 Å². The van der Waals surface area contributed by atoms with E-state index in [2.05, 4.69) is 4.90 Å². The van der Waals surface area contributed by atoms with Crippen LogP contribution in [0.1, 0.15) is 48.5 Å². The van der Waals surface area contributed by atoms with Crippen molar-refractivity contribution >= 4 is 12.1 Å². The molecule has 1 aromatic rings. The van der Waals surface area contributed by atoms with Crippen molar-refractivity contribution in [3.05, 3.63) is 35.4 Å². The molecule has 4 rings (SSSR count). The highest BCUT2D eigenvalue weighted by Gasteiger charge is 2.47. The van der Waals surface area contributed by atoms with Crippen LogP contribution in [0, 0.1) is 5.92 Å². The number of ether oxygens (including phenoxy) is 2. The van der Waals surface area contributed by atoms with Gasteiger partial charge < -0.3 is 19.3 Å². The van der Waals surface area contributed by atoms with Gasteiger partial charge in [-0.25, -0.2) is 9.59 Å². The Morgan fingerprint density at radius 1 is 1.19 bits per heavy atom. The summed E-state index contributed by atoms with van der Waals surface area (Å²) in [6.07, 6.45) is 3.59. The van der Waals surface area contributed by atoms with Crippen molar-refractivity contribution in [1.82, 2.24) is 9.80 Å². The van der Waals surface area contributed by atoms with Gasteiger partial charge in [0.25, 0.3) is 0 Å². The van der Waals surface area contributed by atoms with Crippen LogP contribution >= 0.6 is 0 Å². The first-order chi connectivity index (χ1) is 13.1. The first kappa shape index (κ1) is 18.3. The molecule has 6 heteroatoms. The number of amides is 1. The molecule has 0 radical (unpaired) electrons. The molecule has 6 nitrogen and oxygen atoms in total. The number of hydrogen-bond acceptors (Lipinski definition) is 5. The summed E-state index contributed by atoms with van der Waals surface area (Å²) in [6.45, 7) is 6.79. The molecule has 2 fully saturated rings. The molecule has 0 saturated carbocycles. The second-order valence-electron chi connectivity index (χ2n) is 7.86. The Hall–Kier alpha value is -2.08. The zero-order valence-electron chi connectivity index (χ0n) is 16.0. The number of likely N-dealkylation sites (tertiary alicyclic amines) is 2. The van der Waals surface area contributed by atoms with Gasteiger partial charge in [0.1, 0.15) is 5.60 Å². The summed E-state index contributed by atoms with van der Waals surface area (Å²) in [5, 5.41) is 0.